The van der Waals surface area contributed by atoms with Crippen molar-refractivity contribution >= 4 is 5.91 Å². The molecule has 0 aromatic carbocycles. The van der Waals surface area contributed by atoms with Crippen LogP contribution >= 0.6 is 0 Å². The lowest BCUT2D eigenvalue weighted by molar-refractivity contribution is -0.122. The SMILES string of the molecule is CCCC(=O)NC1CCCN(C(C)(C)C)C1. The van der Waals surface area contributed by atoms with Crippen LogP contribution in [0.3, 0.4) is 0 Å². The molecule has 0 aliphatic carbocycles. The van der Waals surface area contributed by atoms with Crippen LogP contribution in [-0.2, 0) is 4.79 Å². The van der Waals surface area contributed by atoms with Gasteiger partial charge in [0.15, 0.2) is 0 Å². The molecule has 1 N–H and O–H groups in total. The Hall–Kier alpha value is -0.570. The highest BCUT2D eigenvalue weighted by Crippen LogP contribution is 2.20. The number of hydrogen-bond acceptors (Lipinski definition) is 2. The van der Waals surface area contributed by atoms with Gasteiger partial charge in [-0.15, -0.1) is 0 Å². The van der Waals surface area contributed by atoms with Gasteiger partial charge >= 0.3 is 0 Å². The Labute approximate surface area is 99.6 Å². The Morgan fingerprint density at radius 1 is 1.44 bits per heavy atom. The van der Waals surface area contributed by atoms with E-state index in [2.05, 4.69) is 31.0 Å². The molecule has 0 radical (unpaired) electrons. The molecule has 1 heterocycles. The molecule has 0 aromatic rings. The number of piperidine rings is 1. The van der Waals surface area contributed by atoms with Crippen molar-refractivity contribution in [3.63, 3.8) is 0 Å². The van der Waals surface area contributed by atoms with Gasteiger partial charge in [-0.2, -0.15) is 0 Å². The first-order valence-corrected chi connectivity index (χ1v) is 6.48. The Balaban J connectivity index is 2.42. The average Bonchev–Trinajstić information content (AvgIpc) is 2.17. The zero-order valence-electron chi connectivity index (χ0n) is 11.2. The lowest BCUT2D eigenvalue weighted by Gasteiger charge is -2.41. The van der Waals surface area contributed by atoms with Gasteiger partial charge in [-0.25, -0.2) is 0 Å². The topological polar surface area (TPSA) is 32.3 Å². The normalized spacial score (nSPS) is 23.1. The van der Waals surface area contributed by atoms with E-state index < -0.39 is 0 Å². The Kier molecular flexibility index (Phi) is 4.78. The maximum absolute atomic E-state index is 11.5. The molecule has 3 heteroatoms. The van der Waals surface area contributed by atoms with E-state index in [-0.39, 0.29) is 11.4 Å². The first-order valence-electron chi connectivity index (χ1n) is 6.48. The maximum Gasteiger partial charge on any atom is 0.220 e. The van der Waals surface area contributed by atoms with E-state index in [0.717, 1.165) is 25.9 Å². The molecule has 0 aromatic heterocycles. The van der Waals surface area contributed by atoms with Crippen molar-refractivity contribution in [2.75, 3.05) is 13.1 Å². The van der Waals surface area contributed by atoms with E-state index in [1.165, 1.54) is 6.42 Å². The van der Waals surface area contributed by atoms with Gasteiger partial charge in [0, 0.05) is 24.5 Å². The van der Waals surface area contributed by atoms with Crippen LogP contribution in [0.5, 0.6) is 0 Å². The summed E-state index contributed by atoms with van der Waals surface area (Å²) in [5.74, 6) is 0.211. The third-order valence-electron chi connectivity index (χ3n) is 3.21. The lowest BCUT2D eigenvalue weighted by atomic mass is 9.98. The number of carbonyl (C=O) groups is 1. The van der Waals surface area contributed by atoms with Gasteiger partial charge in [0.1, 0.15) is 0 Å². The smallest absolute Gasteiger partial charge is 0.220 e. The third kappa shape index (κ3) is 4.12. The summed E-state index contributed by atoms with van der Waals surface area (Å²) >= 11 is 0. The van der Waals surface area contributed by atoms with Crippen molar-refractivity contribution in [2.24, 2.45) is 0 Å². The van der Waals surface area contributed by atoms with E-state index in [1.807, 2.05) is 6.92 Å². The molecule has 1 rings (SSSR count). The number of nitrogens with one attached hydrogen (secondary N) is 1. The number of hydrogen-bond donors (Lipinski definition) is 1. The minimum absolute atomic E-state index is 0.211. The first-order chi connectivity index (χ1) is 7.43. The number of carbonyl (C=O) groups excluding carboxylic acids is 1. The van der Waals surface area contributed by atoms with Crippen LogP contribution in [0.25, 0.3) is 0 Å². The van der Waals surface area contributed by atoms with E-state index >= 15 is 0 Å². The zero-order chi connectivity index (χ0) is 12.2. The molecule has 1 amide bonds. The molecule has 0 spiro atoms. The van der Waals surface area contributed by atoms with Crippen molar-refractivity contribution in [1.29, 1.82) is 0 Å². The summed E-state index contributed by atoms with van der Waals surface area (Å²) in [7, 11) is 0. The second-order valence-corrected chi connectivity index (χ2v) is 5.77. The second kappa shape index (κ2) is 5.67. The van der Waals surface area contributed by atoms with Crippen LogP contribution < -0.4 is 5.32 Å². The van der Waals surface area contributed by atoms with Gasteiger partial charge in [0.25, 0.3) is 0 Å². The standard InChI is InChI=1S/C13H26N2O/c1-5-7-12(16)14-11-8-6-9-15(10-11)13(2,3)4/h11H,5-10H2,1-4H3,(H,14,16). The van der Waals surface area contributed by atoms with Crippen LogP contribution in [0.1, 0.15) is 53.4 Å². The molecule has 0 saturated carbocycles. The van der Waals surface area contributed by atoms with Gasteiger partial charge < -0.3 is 5.32 Å². The molecule has 1 fully saturated rings. The van der Waals surface area contributed by atoms with Crippen LogP contribution in [0.15, 0.2) is 0 Å². The molecule has 1 atom stereocenters. The molecule has 0 bridgehead atoms. The summed E-state index contributed by atoms with van der Waals surface area (Å²) in [6.07, 6.45) is 3.91. The average molecular weight is 226 g/mol. The summed E-state index contributed by atoms with van der Waals surface area (Å²) in [5.41, 5.74) is 0.216. The molecular formula is C13H26N2O. The molecule has 1 aliphatic heterocycles. The van der Waals surface area contributed by atoms with E-state index in [1.54, 1.807) is 0 Å². The predicted molar refractivity (Wildman–Crippen MR) is 67.4 cm³/mol. The van der Waals surface area contributed by atoms with Gasteiger partial charge in [-0.1, -0.05) is 6.92 Å². The number of nitrogens with zero attached hydrogens (tertiary/aromatic N) is 1. The monoisotopic (exact) mass is 226 g/mol. The van der Waals surface area contributed by atoms with E-state index in [9.17, 15) is 4.79 Å². The lowest BCUT2D eigenvalue weighted by Crippen LogP contribution is -2.53. The fourth-order valence-electron chi connectivity index (χ4n) is 2.23. The van der Waals surface area contributed by atoms with Crippen molar-refractivity contribution < 1.29 is 4.79 Å². The van der Waals surface area contributed by atoms with Crippen LogP contribution in [0.4, 0.5) is 0 Å². The van der Waals surface area contributed by atoms with Gasteiger partial charge in [0.2, 0.25) is 5.91 Å². The minimum atomic E-state index is 0.211. The summed E-state index contributed by atoms with van der Waals surface area (Å²) in [6.45, 7) is 10.9. The summed E-state index contributed by atoms with van der Waals surface area (Å²) in [4.78, 5) is 14.0. The highest BCUT2D eigenvalue weighted by molar-refractivity contribution is 5.76. The fraction of sp³-hybridized carbons (Fsp3) is 0.923. The Bertz CT molecular complexity index is 233. The highest BCUT2D eigenvalue weighted by atomic mass is 16.1. The van der Waals surface area contributed by atoms with Crippen LogP contribution in [-0.4, -0.2) is 35.5 Å². The Morgan fingerprint density at radius 2 is 2.12 bits per heavy atom. The van der Waals surface area contributed by atoms with E-state index in [4.69, 9.17) is 0 Å². The van der Waals surface area contributed by atoms with Crippen molar-refractivity contribution in [3.8, 4) is 0 Å². The quantitative estimate of drug-likeness (QED) is 0.800. The van der Waals surface area contributed by atoms with Crippen molar-refractivity contribution in [3.05, 3.63) is 0 Å². The molecule has 16 heavy (non-hydrogen) atoms. The Morgan fingerprint density at radius 3 is 2.69 bits per heavy atom. The molecule has 1 aliphatic rings. The molecule has 1 saturated heterocycles. The largest absolute Gasteiger partial charge is 0.352 e. The molecule has 94 valence electrons. The van der Waals surface area contributed by atoms with Gasteiger partial charge in [0.05, 0.1) is 0 Å². The van der Waals surface area contributed by atoms with Gasteiger partial charge in [-0.05, 0) is 46.6 Å². The third-order valence-corrected chi connectivity index (χ3v) is 3.21. The predicted octanol–water partition coefficient (Wildman–Crippen LogP) is 2.17. The first kappa shape index (κ1) is 13.5. The van der Waals surface area contributed by atoms with E-state index in [0.29, 0.717) is 12.5 Å². The van der Waals surface area contributed by atoms with Crippen molar-refractivity contribution in [1.82, 2.24) is 10.2 Å². The summed E-state index contributed by atoms with van der Waals surface area (Å²) < 4.78 is 0. The summed E-state index contributed by atoms with van der Waals surface area (Å²) in [6, 6.07) is 0.354. The number of likely N-dealkylation sites (tertiary alicyclic amines) is 1. The van der Waals surface area contributed by atoms with Crippen LogP contribution in [0.2, 0.25) is 0 Å². The summed E-state index contributed by atoms with van der Waals surface area (Å²) in [5, 5.41) is 3.14. The van der Waals surface area contributed by atoms with Crippen LogP contribution in [0, 0.1) is 0 Å². The zero-order valence-corrected chi connectivity index (χ0v) is 11.2. The molecule has 1 unspecified atom stereocenters. The minimum Gasteiger partial charge on any atom is -0.352 e. The van der Waals surface area contributed by atoms with Crippen molar-refractivity contribution in [2.45, 2.75) is 65.0 Å². The fourth-order valence-corrected chi connectivity index (χ4v) is 2.23. The maximum atomic E-state index is 11.5. The number of rotatable bonds is 3. The number of amides is 1. The van der Waals surface area contributed by atoms with Gasteiger partial charge in [-0.3, -0.25) is 9.69 Å². The molecular weight excluding hydrogens is 200 g/mol. The highest BCUT2D eigenvalue weighted by Gasteiger charge is 2.28. The second-order valence-electron chi connectivity index (χ2n) is 5.77. The molecule has 3 nitrogen and oxygen atoms in total.